The van der Waals surface area contributed by atoms with Crippen molar-refractivity contribution in [2.24, 2.45) is 4.99 Å². The van der Waals surface area contributed by atoms with Gasteiger partial charge < -0.3 is 0 Å². The zero-order valence-electron chi connectivity index (χ0n) is 8.46. The van der Waals surface area contributed by atoms with Crippen molar-refractivity contribution in [2.75, 3.05) is 0 Å². The van der Waals surface area contributed by atoms with Crippen molar-refractivity contribution in [3.05, 3.63) is 24.9 Å². The summed E-state index contributed by atoms with van der Waals surface area (Å²) in [4.78, 5) is 3.78. The first kappa shape index (κ1) is 16.6. The summed E-state index contributed by atoms with van der Waals surface area (Å²) in [6, 6.07) is 0. The lowest BCUT2D eigenvalue weighted by Gasteiger charge is -1.66. The van der Waals surface area contributed by atoms with E-state index in [4.69, 9.17) is 0 Å². The van der Waals surface area contributed by atoms with Crippen LogP contribution in [0.5, 0.6) is 0 Å². The third-order valence-electron chi connectivity index (χ3n) is 0.457. The molecule has 0 aromatic heterocycles. The second-order valence-electron chi connectivity index (χ2n) is 0.984. The maximum atomic E-state index is 3.78. The number of allylic oxidation sites excluding steroid dienone is 2. The highest BCUT2D eigenvalue weighted by molar-refractivity contribution is 5.54. The molecule has 66 valence electrons. The zero-order chi connectivity index (χ0) is 9.54. The molecule has 0 aliphatic carbocycles. The van der Waals surface area contributed by atoms with Crippen LogP contribution in [0.4, 0.5) is 0 Å². The molecule has 0 rings (SSSR count). The minimum atomic E-state index is 1.69. The molecule has 1 nitrogen and oxygen atoms in total. The third kappa shape index (κ3) is 47.1. The maximum absolute atomic E-state index is 3.78. The van der Waals surface area contributed by atoms with Crippen LogP contribution in [0.15, 0.2) is 29.9 Å². The van der Waals surface area contributed by atoms with Gasteiger partial charge in [0, 0.05) is 12.4 Å². The second-order valence-corrected chi connectivity index (χ2v) is 0.984. The van der Waals surface area contributed by atoms with E-state index in [1.54, 1.807) is 24.6 Å². The monoisotopic (exact) mass is 155 g/mol. The minimum Gasteiger partial charge on any atom is -0.269 e. The van der Waals surface area contributed by atoms with Crippen molar-refractivity contribution in [1.29, 1.82) is 0 Å². The first-order valence-corrected chi connectivity index (χ1v) is 4.17. The lowest BCUT2D eigenvalue weighted by Crippen LogP contribution is -1.51. The van der Waals surface area contributed by atoms with Crippen molar-refractivity contribution in [3.8, 4) is 0 Å². The van der Waals surface area contributed by atoms with E-state index in [2.05, 4.69) is 11.6 Å². The highest BCUT2D eigenvalue weighted by Gasteiger charge is 1.51. The lowest BCUT2D eigenvalue weighted by molar-refractivity contribution is 1.50. The Morgan fingerprint density at radius 3 is 1.82 bits per heavy atom. The molecule has 1 heteroatoms. The molecule has 0 spiro atoms. The number of hydrogen-bond acceptors (Lipinski definition) is 1. The fourth-order valence-corrected chi connectivity index (χ4v) is 0.197. The first-order chi connectivity index (χ1) is 5.41. The molecule has 0 saturated carbocycles. The standard InChI is InChI=1S/C6H9N.2C2H6/c1-3-5-6-7-4-2;2*1-2/h3-6H,1H2,2H3;2*1-2H3/b6-5-,7-4?;;. The number of hydrogen-bond donors (Lipinski definition) is 0. The van der Waals surface area contributed by atoms with Crippen LogP contribution >= 0.6 is 0 Å². The first-order valence-electron chi connectivity index (χ1n) is 4.17. The fraction of sp³-hybridized carbons (Fsp3) is 0.500. The van der Waals surface area contributed by atoms with Crippen LogP contribution < -0.4 is 0 Å². The third-order valence-corrected chi connectivity index (χ3v) is 0.457. The Morgan fingerprint density at radius 2 is 1.55 bits per heavy atom. The molecule has 0 N–H and O–H groups in total. The molecular formula is C10H21N. The average Bonchev–Trinajstić information content (AvgIpc) is 2.13. The number of nitrogens with zero attached hydrogens (tertiary/aromatic N) is 1. The van der Waals surface area contributed by atoms with E-state index in [0.717, 1.165) is 0 Å². The number of aliphatic imine (C=N–C) groups is 1. The molecule has 0 aliphatic heterocycles. The van der Waals surface area contributed by atoms with Crippen molar-refractivity contribution in [1.82, 2.24) is 0 Å². The molecule has 0 bridgehead atoms. The molecule has 0 aliphatic rings. The van der Waals surface area contributed by atoms with E-state index < -0.39 is 0 Å². The van der Waals surface area contributed by atoms with Gasteiger partial charge in [0.05, 0.1) is 0 Å². The molecule has 0 saturated heterocycles. The Morgan fingerprint density at radius 1 is 1.09 bits per heavy atom. The van der Waals surface area contributed by atoms with Gasteiger partial charge in [0.1, 0.15) is 0 Å². The van der Waals surface area contributed by atoms with Gasteiger partial charge in [-0.3, -0.25) is 4.99 Å². The van der Waals surface area contributed by atoms with Gasteiger partial charge in [-0.1, -0.05) is 40.3 Å². The van der Waals surface area contributed by atoms with E-state index in [0.29, 0.717) is 0 Å². The highest BCUT2D eigenvalue weighted by atomic mass is 14.6. The molecule has 0 radical (unpaired) electrons. The van der Waals surface area contributed by atoms with Crippen molar-refractivity contribution >= 4 is 6.21 Å². The summed E-state index contributed by atoms with van der Waals surface area (Å²) < 4.78 is 0. The molecule has 0 heterocycles. The van der Waals surface area contributed by atoms with Crippen molar-refractivity contribution < 1.29 is 0 Å². The Hall–Kier alpha value is -0.850. The minimum absolute atomic E-state index is 1.69. The Labute approximate surface area is 71.6 Å². The Bertz CT molecular complexity index is 91.0. The molecule has 0 aromatic rings. The van der Waals surface area contributed by atoms with Gasteiger partial charge in [-0.25, -0.2) is 0 Å². The zero-order valence-corrected chi connectivity index (χ0v) is 8.46. The summed E-state index contributed by atoms with van der Waals surface area (Å²) in [6.07, 6.45) is 6.88. The van der Waals surface area contributed by atoms with E-state index in [1.165, 1.54) is 0 Å². The van der Waals surface area contributed by atoms with Gasteiger partial charge in [0.2, 0.25) is 0 Å². The highest BCUT2D eigenvalue weighted by Crippen LogP contribution is 1.71. The summed E-state index contributed by atoms with van der Waals surface area (Å²) in [5.41, 5.74) is 0. The molecule has 0 aromatic carbocycles. The smallest absolute Gasteiger partial charge is 0.0263 e. The van der Waals surface area contributed by atoms with Gasteiger partial charge in [0.15, 0.2) is 0 Å². The van der Waals surface area contributed by atoms with Crippen molar-refractivity contribution in [2.45, 2.75) is 34.6 Å². The predicted octanol–water partition coefficient (Wildman–Crippen LogP) is 3.83. The molecule has 0 fully saturated rings. The van der Waals surface area contributed by atoms with Crippen LogP contribution in [0.2, 0.25) is 0 Å². The van der Waals surface area contributed by atoms with Gasteiger partial charge in [-0.15, -0.1) is 0 Å². The van der Waals surface area contributed by atoms with Crippen LogP contribution in [0.3, 0.4) is 0 Å². The van der Waals surface area contributed by atoms with Gasteiger partial charge in [-0.2, -0.15) is 0 Å². The van der Waals surface area contributed by atoms with Crippen LogP contribution in [-0.4, -0.2) is 6.21 Å². The van der Waals surface area contributed by atoms with Crippen molar-refractivity contribution in [3.63, 3.8) is 0 Å². The summed E-state index contributed by atoms with van der Waals surface area (Å²) in [5, 5.41) is 0. The average molecular weight is 155 g/mol. The second kappa shape index (κ2) is 35.3. The Kier molecular flexibility index (Phi) is 53.3. The van der Waals surface area contributed by atoms with Crippen LogP contribution in [0.25, 0.3) is 0 Å². The van der Waals surface area contributed by atoms with Gasteiger partial charge >= 0.3 is 0 Å². The largest absolute Gasteiger partial charge is 0.269 e. The molecule has 0 amide bonds. The van der Waals surface area contributed by atoms with Gasteiger partial charge in [0.25, 0.3) is 0 Å². The summed E-state index contributed by atoms with van der Waals surface area (Å²) >= 11 is 0. The lowest BCUT2D eigenvalue weighted by atomic mass is 10.6. The molecule has 0 atom stereocenters. The van der Waals surface area contributed by atoms with Crippen LogP contribution in [0, 0.1) is 0 Å². The number of rotatable bonds is 2. The Balaban J connectivity index is -0.000000138. The van der Waals surface area contributed by atoms with Gasteiger partial charge in [-0.05, 0) is 13.0 Å². The molecule has 0 unspecified atom stereocenters. The van der Waals surface area contributed by atoms with E-state index >= 15 is 0 Å². The topological polar surface area (TPSA) is 12.4 Å². The normalized spacial score (nSPS) is 8.09. The quantitative estimate of drug-likeness (QED) is 0.424. The van der Waals surface area contributed by atoms with Crippen LogP contribution in [0.1, 0.15) is 34.6 Å². The summed E-state index contributed by atoms with van der Waals surface area (Å²) in [6.45, 7) is 13.3. The van der Waals surface area contributed by atoms with E-state index in [-0.39, 0.29) is 0 Å². The molecular weight excluding hydrogens is 134 g/mol. The maximum Gasteiger partial charge on any atom is 0.0263 e. The predicted molar refractivity (Wildman–Crippen MR) is 56.2 cm³/mol. The fourth-order valence-electron chi connectivity index (χ4n) is 0.197. The van der Waals surface area contributed by atoms with E-state index in [9.17, 15) is 0 Å². The van der Waals surface area contributed by atoms with E-state index in [1.807, 2.05) is 34.6 Å². The summed E-state index contributed by atoms with van der Waals surface area (Å²) in [7, 11) is 0. The SMILES string of the molecule is C=C/C=C\N=CC.CC.CC. The summed E-state index contributed by atoms with van der Waals surface area (Å²) in [5.74, 6) is 0. The molecule has 11 heavy (non-hydrogen) atoms. The van der Waals surface area contributed by atoms with Crippen LogP contribution in [-0.2, 0) is 0 Å².